The van der Waals surface area contributed by atoms with Crippen molar-refractivity contribution in [1.82, 2.24) is 4.90 Å². The number of piperazine rings is 1. The zero-order valence-electron chi connectivity index (χ0n) is 16.0. The Morgan fingerprint density at radius 1 is 0.828 bits per heavy atom. The third-order valence-corrected chi connectivity index (χ3v) is 6.07. The fourth-order valence-electron chi connectivity index (χ4n) is 3.41. The Bertz CT molecular complexity index is 945. The highest BCUT2D eigenvalue weighted by molar-refractivity contribution is 7.92. The van der Waals surface area contributed by atoms with Gasteiger partial charge < -0.3 is 14.4 Å². The first-order valence-electron chi connectivity index (χ1n) is 9.63. The predicted octanol–water partition coefficient (Wildman–Crippen LogP) is 3.78. The minimum atomic E-state index is -1.43. The Hall–Kier alpha value is -2.96. The Morgan fingerprint density at radius 2 is 1.48 bits per heavy atom. The molecule has 3 aromatic carbocycles. The summed E-state index contributed by atoms with van der Waals surface area (Å²) in [6.45, 7) is 2.94. The molecule has 0 aliphatic carbocycles. The molecule has 1 aliphatic rings. The van der Waals surface area contributed by atoms with Gasteiger partial charge in [-0.05, 0) is 36.4 Å². The summed E-state index contributed by atoms with van der Waals surface area (Å²) < 4.78 is 15.6. The number of benzene rings is 3. The van der Waals surface area contributed by atoms with Crippen LogP contribution >= 0.6 is 0 Å². The molecule has 3 aromatic rings. The number of amides is 1. The van der Waals surface area contributed by atoms with Crippen molar-refractivity contribution in [2.24, 2.45) is 0 Å². The molecule has 0 bridgehead atoms. The SMILES string of the molecule is O=C(c1cccc([S+]([O-])Nc2ccccc2)c1)N1CCN(c2ccccc2)CC1. The van der Waals surface area contributed by atoms with E-state index in [9.17, 15) is 9.35 Å². The maximum Gasteiger partial charge on any atom is 0.254 e. The number of hydrogen-bond acceptors (Lipinski definition) is 4. The number of hydrogen-bond donors (Lipinski definition) is 1. The quantitative estimate of drug-likeness (QED) is 0.657. The lowest BCUT2D eigenvalue weighted by molar-refractivity contribution is 0.0746. The van der Waals surface area contributed by atoms with Gasteiger partial charge in [-0.25, -0.2) is 4.72 Å². The molecule has 6 heteroatoms. The first kappa shape index (κ1) is 19.4. The van der Waals surface area contributed by atoms with E-state index in [1.807, 2.05) is 53.4 Å². The molecular formula is C23H23N3O2S. The van der Waals surface area contributed by atoms with E-state index >= 15 is 0 Å². The van der Waals surface area contributed by atoms with Crippen molar-refractivity contribution in [3.05, 3.63) is 90.5 Å². The van der Waals surface area contributed by atoms with E-state index in [0.717, 1.165) is 18.8 Å². The maximum absolute atomic E-state index is 13.0. The second-order valence-corrected chi connectivity index (χ2v) is 8.09. The minimum absolute atomic E-state index is 0.0173. The molecule has 0 aromatic heterocycles. The number of para-hydroxylation sites is 2. The van der Waals surface area contributed by atoms with Gasteiger partial charge in [0.15, 0.2) is 4.90 Å². The van der Waals surface area contributed by atoms with Crippen LogP contribution in [0, 0.1) is 0 Å². The zero-order chi connectivity index (χ0) is 20.1. The number of nitrogens with zero attached hydrogens (tertiary/aromatic N) is 2. The number of rotatable bonds is 5. The first-order valence-corrected chi connectivity index (χ1v) is 10.8. The standard InChI is InChI=1S/C23H23N3O2S/c27-23(26-16-14-25(15-17-26)21-11-5-2-6-12-21)19-8-7-13-22(18-19)29(28)24-20-9-3-1-4-10-20/h1-13,18,24H,14-17H2. The summed E-state index contributed by atoms with van der Waals surface area (Å²) in [7, 11) is 0. The van der Waals surface area contributed by atoms with E-state index in [2.05, 4.69) is 21.8 Å². The van der Waals surface area contributed by atoms with Crippen LogP contribution in [0.2, 0.25) is 0 Å². The van der Waals surface area contributed by atoms with Crippen molar-refractivity contribution in [1.29, 1.82) is 0 Å². The van der Waals surface area contributed by atoms with Crippen molar-refractivity contribution >= 4 is 28.6 Å². The molecule has 0 spiro atoms. The van der Waals surface area contributed by atoms with Gasteiger partial charge in [0.05, 0.1) is 5.69 Å². The van der Waals surface area contributed by atoms with Gasteiger partial charge in [-0.15, -0.1) is 0 Å². The number of nitrogens with one attached hydrogen (secondary N) is 1. The average Bonchev–Trinajstić information content (AvgIpc) is 2.80. The predicted molar refractivity (Wildman–Crippen MR) is 117 cm³/mol. The molecule has 5 nitrogen and oxygen atoms in total. The highest BCUT2D eigenvalue weighted by atomic mass is 32.2. The van der Waals surface area contributed by atoms with Crippen molar-refractivity contribution in [3.8, 4) is 0 Å². The summed E-state index contributed by atoms with van der Waals surface area (Å²) in [5, 5.41) is 0. The molecule has 1 heterocycles. The molecule has 1 aliphatic heterocycles. The number of carbonyl (C=O) groups is 1. The van der Waals surface area contributed by atoms with Crippen LogP contribution in [-0.4, -0.2) is 41.5 Å². The highest BCUT2D eigenvalue weighted by Crippen LogP contribution is 2.20. The summed E-state index contributed by atoms with van der Waals surface area (Å²) in [6, 6.07) is 26.7. The lowest BCUT2D eigenvalue weighted by Crippen LogP contribution is -2.48. The molecule has 1 amide bonds. The largest absolute Gasteiger partial charge is 0.588 e. The van der Waals surface area contributed by atoms with Crippen LogP contribution in [-0.2, 0) is 11.4 Å². The van der Waals surface area contributed by atoms with Gasteiger partial charge in [0.1, 0.15) is 11.4 Å². The van der Waals surface area contributed by atoms with Crippen LogP contribution < -0.4 is 9.62 Å². The highest BCUT2D eigenvalue weighted by Gasteiger charge is 2.23. The third kappa shape index (κ3) is 4.72. The second-order valence-electron chi connectivity index (χ2n) is 6.88. The van der Waals surface area contributed by atoms with E-state index < -0.39 is 11.4 Å². The summed E-state index contributed by atoms with van der Waals surface area (Å²) in [6.07, 6.45) is 0. The van der Waals surface area contributed by atoms with Gasteiger partial charge in [0, 0.05) is 43.5 Å². The van der Waals surface area contributed by atoms with Crippen molar-refractivity contribution in [2.45, 2.75) is 4.90 Å². The molecule has 0 radical (unpaired) electrons. The van der Waals surface area contributed by atoms with Gasteiger partial charge in [0.25, 0.3) is 5.91 Å². The van der Waals surface area contributed by atoms with Gasteiger partial charge in [-0.2, -0.15) is 0 Å². The lowest BCUT2D eigenvalue weighted by Gasteiger charge is -2.36. The Labute approximate surface area is 174 Å². The zero-order valence-corrected chi connectivity index (χ0v) is 16.8. The molecule has 29 heavy (non-hydrogen) atoms. The molecule has 1 saturated heterocycles. The van der Waals surface area contributed by atoms with Crippen LogP contribution in [0.3, 0.4) is 0 Å². The van der Waals surface area contributed by atoms with Crippen LogP contribution in [0.4, 0.5) is 11.4 Å². The smallest absolute Gasteiger partial charge is 0.254 e. The van der Waals surface area contributed by atoms with Crippen LogP contribution in [0.5, 0.6) is 0 Å². The normalized spacial score (nSPS) is 15.1. The average molecular weight is 406 g/mol. The lowest BCUT2D eigenvalue weighted by atomic mass is 10.1. The summed E-state index contributed by atoms with van der Waals surface area (Å²) in [4.78, 5) is 17.7. The Kier molecular flexibility index (Phi) is 6.03. The van der Waals surface area contributed by atoms with Crippen molar-refractivity contribution in [3.63, 3.8) is 0 Å². The monoisotopic (exact) mass is 405 g/mol. The topological polar surface area (TPSA) is 58.6 Å². The van der Waals surface area contributed by atoms with Crippen LogP contribution in [0.15, 0.2) is 89.8 Å². The summed E-state index contributed by atoms with van der Waals surface area (Å²) in [5.74, 6) is -0.0173. The van der Waals surface area contributed by atoms with E-state index in [1.54, 1.807) is 24.3 Å². The van der Waals surface area contributed by atoms with E-state index in [-0.39, 0.29) is 5.91 Å². The van der Waals surface area contributed by atoms with Gasteiger partial charge in [0.2, 0.25) is 0 Å². The van der Waals surface area contributed by atoms with E-state index in [0.29, 0.717) is 23.5 Å². The molecule has 1 N–H and O–H groups in total. The Morgan fingerprint density at radius 3 is 2.17 bits per heavy atom. The van der Waals surface area contributed by atoms with Crippen molar-refractivity contribution in [2.75, 3.05) is 35.8 Å². The molecule has 148 valence electrons. The molecule has 4 rings (SSSR count). The van der Waals surface area contributed by atoms with Gasteiger partial charge in [-0.1, -0.05) is 42.5 Å². The molecule has 0 saturated carbocycles. The number of carbonyl (C=O) groups excluding carboxylic acids is 1. The summed E-state index contributed by atoms with van der Waals surface area (Å²) >= 11 is -1.43. The molecule has 1 fully saturated rings. The second kappa shape index (κ2) is 9.03. The molecular weight excluding hydrogens is 382 g/mol. The summed E-state index contributed by atoms with van der Waals surface area (Å²) in [5.41, 5.74) is 2.53. The van der Waals surface area contributed by atoms with Crippen LogP contribution in [0.25, 0.3) is 0 Å². The third-order valence-electron chi connectivity index (χ3n) is 4.97. The maximum atomic E-state index is 13.0. The minimum Gasteiger partial charge on any atom is -0.588 e. The van der Waals surface area contributed by atoms with Gasteiger partial charge >= 0.3 is 0 Å². The molecule has 1 atom stereocenters. The van der Waals surface area contributed by atoms with Crippen molar-refractivity contribution < 1.29 is 9.35 Å². The Balaban J connectivity index is 1.40. The number of anilines is 2. The van der Waals surface area contributed by atoms with E-state index in [1.165, 1.54) is 5.69 Å². The fourth-order valence-corrected chi connectivity index (χ4v) is 4.31. The molecule has 1 unspecified atom stereocenters. The fraction of sp³-hybridized carbons (Fsp3) is 0.174. The first-order chi connectivity index (χ1) is 14.2. The van der Waals surface area contributed by atoms with Gasteiger partial charge in [-0.3, -0.25) is 4.79 Å². The van der Waals surface area contributed by atoms with E-state index in [4.69, 9.17) is 0 Å². The van der Waals surface area contributed by atoms with Crippen LogP contribution in [0.1, 0.15) is 10.4 Å².